The molecule has 3 nitrogen and oxygen atoms in total. The molecule has 106 valence electrons. The van der Waals surface area contributed by atoms with Crippen molar-refractivity contribution in [1.29, 1.82) is 0 Å². The fourth-order valence-electron chi connectivity index (χ4n) is 2.87. The average Bonchev–Trinajstić information content (AvgIpc) is 2.38. The molecule has 0 bridgehead atoms. The number of benzene rings is 1. The molecule has 3 heteroatoms. The molecule has 2 unspecified atom stereocenters. The maximum absolute atomic E-state index is 3.19. The number of piperazine rings is 1. The van der Waals surface area contributed by atoms with Gasteiger partial charge < -0.3 is 5.32 Å². The zero-order valence-corrected chi connectivity index (χ0v) is 12.7. The molecule has 1 fully saturated rings. The van der Waals surface area contributed by atoms with Crippen molar-refractivity contribution in [3.8, 4) is 0 Å². The minimum absolute atomic E-state index is 0.646. The number of nitrogens with one attached hydrogen (secondary N) is 1. The predicted molar refractivity (Wildman–Crippen MR) is 81.2 cm³/mol. The van der Waals surface area contributed by atoms with Crippen molar-refractivity contribution >= 4 is 0 Å². The SMILES string of the molecule is CNCc1ccc(CN2CC(C)N(C)C(C)C2)cc1. The third kappa shape index (κ3) is 3.78. The Morgan fingerprint density at radius 1 is 1.05 bits per heavy atom. The van der Waals surface area contributed by atoms with Gasteiger partial charge in [-0.15, -0.1) is 0 Å². The fourth-order valence-corrected chi connectivity index (χ4v) is 2.87. The van der Waals surface area contributed by atoms with Gasteiger partial charge in [0.15, 0.2) is 0 Å². The number of nitrogens with zero attached hydrogens (tertiary/aromatic N) is 2. The summed E-state index contributed by atoms with van der Waals surface area (Å²) >= 11 is 0. The highest BCUT2D eigenvalue weighted by Gasteiger charge is 2.26. The minimum atomic E-state index is 0.646. The Bertz CT molecular complexity index is 375. The van der Waals surface area contributed by atoms with Gasteiger partial charge in [-0.25, -0.2) is 0 Å². The van der Waals surface area contributed by atoms with Gasteiger partial charge in [-0.05, 0) is 39.1 Å². The molecule has 2 atom stereocenters. The highest BCUT2D eigenvalue weighted by molar-refractivity contribution is 5.22. The molecule has 0 aliphatic carbocycles. The Balaban J connectivity index is 1.93. The Morgan fingerprint density at radius 2 is 1.58 bits per heavy atom. The van der Waals surface area contributed by atoms with Crippen LogP contribution in [0.4, 0.5) is 0 Å². The third-order valence-electron chi connectivity index (χ3n) is 4.25. The van der Waals surface area contributed by atoms with E-state index in [4.69, 9.17) is 0 Å². The molecule has 1 N–H and O–H groups in total. The summed E-state index contributed by atoms with van der Waals surface area (Å²) in [7, 11) is 4.22. The fraction of sp³-hybridized carbons (Fsp3) is 0.625. The normalized spacial score (nSPS) is 25.7. The van der Waals surface area contributed by atoms with Crippen LogP contribution in [0.5, 0.6) is 0 Å². The van der Waals surface area contributed by atoms with Crippen LogP contribution in [0.15, 0.2) is 24.3 Å². The maximum Gasteiger partial charge on any atom is 0.0235 e. The highest BCUT2D eigenvalue weighted by Crippen LogP contribution is 2.16. The van der Waals surface area contributed by atoms with Crippen LogP contribution in [0.25, 0.3) is 0 Å². The van der Waals surface area contributed by atoms with Gasteiger partial charge in [0.1, 0.15) is 0 Å². The van der Waals surface area contributed by atoms with Crippen LogP contribution >= 0.6 is 0 Å². The molecule has 1 aliphatic rings. The molecule has 1 saturated heterocycles. The summed E-state index contributed by atoms with van der Waals surface area (Å²) in [5.41, 5.74) is 2.77. The molecule has 1 heterocycles. The van der Waals surface area contributed by atoms with Crippen molar-refractivity contribution in [3.05, 3.63) is 35.4 Å². The zero-order chi connectivity index (χ0) is 13.8. The molecule has 1 aromatic rings. The van der Waals surface area contributed by atoms with E-state index in [0.29, 0.717) is 12.1 Å². The van der Waals surface area contributed by atoms with Crippen molar-refractivity contribution in [2.75, 3.05) is 27.2 Å². The van der Waals surface area contributed by atoms with Crippen LogP contribution in [0, 0.1) is 0 Å². The topological polar surface area (TPSA) is 18.5 Å². The number of hydrogen-bond acceptors (Lipinski definition) is 3. The summed E-state index contributed by atoms with van der Waals surface area (Å²) in [6.45, 7) is 8.99. The number of rotatable bonds is 4. The summed E-state index contributed by atoms with van der Waals surface area (Å²) in [4.78, 5) is 5.05. The van der Waals surface area contributed by atoms with Gasteiger partial charge in [-0.1, -0.05) is 24.3 Å². The molecule has 1 aliphatic heterocycles. The first-order valence-electron chi connectivity index (χ1n) is 7.27. The second-order valence-corrected chi connectivity index (χ2v) is 5.90. The van der Waals surface area contributed by atoms with Crippen LogP contribution in [0.3, 0.4) is 0 Å². The van der Waals surface area contributed by atoms with Crippen LogP contribution in [-0.4, -0.2) is 49.1 Å². The maximum atomic E-state index is 3.19. The third-order valence-corrected chi connectivity index (χ3v) is 4.25. The van der Waals surface area contributed by atoms with Crippen molar-refractivity contribution in [3.63, 3.8) is 0 Å². The first-order chi connectivity index (χ1) is 9.10. The molecule has 0 aromatic heterocycles. The Morgan fingerprint density at radius 3 is 2.11 bits per heavy atom. The molecule has 19 heavy (non-hydrogen) atoms. The van der Waals surface area contributed by atoms with E-state index in [9.17, 15) is 0 Å². The van der Waals surface area contributed by atoms with Crippen molar-refractivity contribution in [2.24, 2.45) is 0 Å². The summed E-state index contributed by atoms with van der Waals surface area (Å²) in [5.74, 6) is 0. The molecular formula is C16H27N3. The first-order valence-corrected chi connectivity index (χ1v) is 7.27. The predicted octanol–water partition coefficient (Wildman–Crippen LogP) is 1.93. The standard InChI is InChI=1S/C16H27N3/c1-13-10-19(11-14(2)18(13)4)12-16-7-5-15(6-8-16)9-17-3/h5-8,13-14,17H,9-12H2,1-4H3. The Labute approximate surface area is 117 Å². The van der Waals surface area contributed by atoms with E-state index in [0.717, 1.165) is 13.1 Å². The molecular weight excluding hydrogens is 234 g/mol. The summed E-state index contributed by atoms with van der Waals surface area (Å²) in [5, 5.41) is 3.19. The number of likely N-dealkylation sites (N-methyl/N-ethyl adjacent to an activating group) is 1. The van der Waals surface area contributed by atoms with Crippen molar-refractivity contribution in [2.45, 2.75) is 39.0 Å². The molecule has 2 rings (SSSR count). The highest BCUT2D eigenvalue weighted by atomic mass is 15.3. The molecule has 0 saturated carbocycles. The molecule has 0 spiro atoms. The molecule has 0 amide bonds. The lowest BCUT2D eigenvalue weighted by Gasteiger charge is -2.42. The largest absolute Gasteiger partial charge is 0.316 e. The second-order valence-electron chi connectivity index (χ2n) is 5.90. The second kappa shape index (κ2) is 6.51. The smallest absolute Gasteiger partial charge is 0.0235 e. The minimum Gasteiger partial charge on any atom is -0.316 e. The summed E-state index contributed by atoms with van der Waals surface area (Å²) in [6.07, 6.45) is 0. The van der Waals surface area contributed by atoms with Gasteiger partial charge in [-0.2, -0.15) is 0 Å². The van der Waals surface area contributed by atoms with Crippen LogP contribution in [0.1, 0.15) is 25.0 Å². The van der Waals surface area contributed by atoms with Gasteiger partial charge in [0.2, 0.25) is 0 Å². The van der Waals surface area contributed by atoms with Gasteiger partial charge in [0, 0.05) is 38.3 Å². The van der Waals surface area contributed by atoms with Gasteiger partial charge in [-0.3, -0.25) is 9.80 Å². The van der Waals surface area contributed by atoms with E-state index in [1.807, 2.05) is 7.05 Å². The summed E-state index contributed by atoms with van der Waals surface area (Å²) < 4.78 is 0. The Hall–Kier alpha value is -0.900. The van der Waals surface area contributed by atoms with Gasteiger partial charge in [0.25, 0.3) is 0 Å². The first kappa shape index (κ1) is 14.5. The van der Waals surface area contributed by atoms with E-state index in [1.54, 1.807) is 0 Å². The lowest BCUT2D eigenvalue weighted by molar-refractivity contribution is 0.0556. The zero-order valence-electron chi connectivity index (χ0n) is 12.7. The number of hydrogen-bond donors (Lipinski definition) is 1. The van der Waals surface area contributed by atoms with Crippen LogP contribution in [-0.2, 0) is 13.1 Å². The quantitative estimate of drug-likeness (QED) is 0.893. The van der Waals surface area contributed by atoms with Crippen LogP contribution < -0.4 is 5.32 Å². The molecule has 1 aromatic carbocycles. The van der Waals surface area contributed by atoms with E-state index < -0.39 is 0 Å². The summed E-state index contributed by atoms with van der Waals surface area (Å²) in [6, 6.07) is 10.3. The Kier molecular flexibility index (Phi) is 4.97. The van der Waals surface area contributed by atoms with Crippen molar-refractivity contribution in [1.82, 2.24) is 15.1 Å². The monoisotopic (exact) mass is 261 g/mol. The lowest BCUT2D eigenvalue weighted by atomic mass is 10.1. The van der Waals surface area contributed by atoms with Gasteiger partial charge in [0.05, 0.1) is 0 Å². The van der Waals surface area contributed by atoms with E-state index in [-0.39, 0.29) is 0 Å². The van der Waals surface area contributed by atoms with E-state index in [2.05, 4.69) is 60.3 Å². The lowest BCUT2D eigenvalue weighted by Crippen LogP contribution is -2.54. The molecule has 0 radical (unpaired) electrons. The van der Waals surface area contributed by atoms with E-state index in [1.165, 1.54) is 24.2 Å². The average molecular weight is 261 g/mol. The van der Waals surface area contributed by atoms with Gasteiger partial charge >= 0.3 is 0 Å². The van der Waals surface area contributed by atoms with Crippen molar-refractivity contribution < 1.29 is 0 Å². The van der Waals surface area contributed by atoms with E-state index >= 15 is 0 Å². The van der Waals surface area contributed by atoms with Crippen LogP contribution in [0.2, 0.25) is 0 Å².